The Morgan fingerprint density at radius 1 is 1.18 bits per heavy atom. The lowest BCUT2D eigenvalue weighted by molar-refractivity contribution is -0.132. The number of ketones is 1. The maximum Gasteiger partial charge on any atom is 0.350 e. The Kier molecular flexibility index (Phi) is 8.07. The van der Waals surface area contributed by atoms with E-state index in [9.17, 15) is 19.5 Å². The summed E-state index contributed by atoms with van der Waals surface area (Å²) in [6, 6.07) is 13.0. The first-order chi connectivity index (χ1) is 18.3. The highest BCUT2D eigenvalue weighted by molar-refractivity contribution is 7.17. The highest BCUT2D eigenvalue weighted by Crippen LogP contribution is 2.44. The summed E-state index contributed by atoms with van der Waals surface area (Å²) < 4.78 is 10.9. The summed E-state index contributed by atoms with van der Waals surface area (Å²) in [6.45, 7) is 9.59. The van der Waals surface area contributed by atoms with E-state index in [2.05, 4.69) is 11.6 Å². The molecule has 1 saturated heterocycles. The Balaban J connectivity index is 1.88. The summed E-state index contributed by atoms with van der Waals surface area (Å²) >= 11 is 0.947. The van der Waals surface area contributed by atoms with Gasteiger partial charge in [0.05, 0.1) is 23.9 Å². The number of aliphatic hydroxyl groups excluding tert-OH is 1. The van der Waals surface area contributed by atoms with Gasteiger partial charge in [0, 0.05) is 5.56 Å². The van der Waals surface area contributed by atoms with Crippen molar-refractivity contribution < 1.29 is 29.0 Å². The van der Waals surface area contributed by atoms with Gasteiger partial charge in [-0.1, -0.05) is 72.9 Å². The molecule has 1 aliphatic heterocycles. The fraction of sp³-hybridized carbons (Fsp3) is 0.241. The van der Waals surface area contributed by atoms with Gasteiger partial charge in [0.25, 0.3) is 5.78 Å². The van der Waals surface area contributed by atoms with Gasteiger partial charge in [0.15, 0.2) is 5.13 Å². The minimum absolute atomic E-state index is 0.0249. The largest absolute Gasteiger partial charge is 0.507 e. The van der Waals surface area contributed by atoms with Gasteiger partial charge in [-0.15, -0.1) is 0 Å². The van der Waals surface area contributed by atoms with Gasteiger partial charge in [-0.2, -0.15) is 0 Å². The minimum Gasteiger partial charge on any atom is -0.507 e. The number of rotatable bonds is 9. The van der Waals surface area contributed by atoms with E-state index >= 15 is 0 Å². The molecular weight excluding hydrogens is 504 g/mol. The molecule has 0 aliphatic carbocycles. The number of thiazole rings is 1. The minimum atomic E-state index is -0.996. The lowest BCUT2D eigenvalue weighted by Gasteiger charge is -2.23. The Morgan fingerprint density at radius 3 is 2.61 bits per heavy atom. The molecule has 1 aromatic heterocycles. The summed E-state index contributed by atoms with van der Waals surface area (Å²) in [5.74, 6) is -2.04. The molecule has 0 saturated carbocycles. The number of aromatic nitrogens is 1. The number of aliphatic hydroxyl groups is 1. The molecule has 38 heavy (non-hydrogen) atoms. The molecule has 1 aliphatic rings. The van der Waals surface area contributed by atoms with Gasteiger partial charge >= 0.3 is 11.9 Å². The van der Waals surface area contributed by atoms with Crippen molar-refractivity contribution in [3.8, 4) is 5.75 Å². The fourth-order valence-corrected chi connectivity index (χ4v) is 5.07. The molecule has 1 fully saturated rings. The monoisotopic (exact) mass is 532 g/mol. The number of benzene rings is 2. The number of hydrogen-bond acceptors (Lipinski definition) is 8. The van der Waals surface area contributed by atoms with Crippen molar-refractivity contribution in [1.82, 2.24) is 4.98 Å². The Labute approximate surface area is 224 Å². The van der Waals surface area contributed by atoms with Crippen molar-refractivity contribution in [3.63, 3.8) is 0 Å². The Bertz CT molecular complexity index is 1420. The molecule has 4 rings (SSSR count). The smallest absolute Gasteiger partial charge is 0.350 e. The topological polar surface area (TPSA) is 106 Å². The van der Waals surface area contributed by atoms with Gasteiger partial charge < -0.3 is 14.6 Å². The average molecular weight is 533 g/mol. The third-order valence-corrected chi connectivity index (χ3v) is 7.06. The lowest BCUT2D eigenvalue weighted by Crippen LogP contribution is -2.29. The summed E-state index contributed by atoms with van der Waals surface area (Å²) in [6.07, 6.45) is 2.26. The van der Waals surface area contributed by atoms with Crippen molar-refractivity contribution in [2.75, 3.05) is 18.1 Å². The number of ether oxygens (including phenoxy) is 2. The zero-order valence-electron chi connectivity index (χ0n) is 21.4. The predicted octanol–water partition coefficient (Wildman–Crippen LogP) is 5.52. The zero-order valence-corrected chi connectivity index (χ0v) is 22.2. The first-order valence-electron chi connectivity index (χ1n) is 12.1. The second-order valence-corrected chi connectivity index (χ2v) is 9.73. The van der Waals surface area contributed by atoms with Crippen LogP contribution in [-0.2, 0) is 14.3 Å². The molecule has 8 nitrogen and oxygen atoms in total. The van der Waals surface area contributed by atoms with Gasteiger partial charge in [0.1, 0.15) is 23.0 Å². The molecule has 196 valence electrons. The van der Waals surface area contributed by atoms with Crippen LogP contribution >= 0.6 is 11.3 Å². The Morgan fingerprint density at radius 2 is 1.92 bits per heavy atom. The van der Waals surface area contributed by atoms with Gasteiger partial charge in [-0.3, -0.25) is 14.5 Å². The van der Waals surface area contributed by atoms with Crippen molar-refractivity contribution >= 4 is 39.9 Å². The Hall–Kier alpha value is -4.24. The van der Waals surface area contributed by atoms with Crippen LogP contribution in [0.2, 0.25) is 0 Å². The third-order valence-electron chi connectivity index (χ3n) is 5.93. The molecule has 0 radical (unpaired) electrons. The van der Waals surface area contributed by atoms with Crippen LogP contribution in [0.5, 0.6) is 5.75 Å². The molecule has 2 heterocycles. The maximum atomic E-state index is 13.4. The lowest BCUT2D eigenvalue weighted by atomic mass is 9.95. The summed E-state index contributed by atoms with van der Waals surface area (Å²) in [5.41, 5.74) is 2.22. The molecule has 9 heteroatoms. The van der Waals surface area contributed by atoms with Crippen molar-refractivity contribution in [1.29, 1.82) is 0 Å². The summed E-state index contributed by atoms with van der Waals surface area (Å²) in [4.78, 5) is 45.3. The number of amides is 1. The second kappa shape index (κ2) is 11.4. The van der Waals surface area contributed by atoms with Crippen molar-refractivity contribution in [2.45, 2.75) is 33.2 Å². The molecule has 1 unspecified atom stereocenters. The normalized spacial score (nSPS) is 16.5. The number of aryl methyl sites for hydroxylation is 2. The number of carbonyl (C=O) groups is 3. The van der Waals surface area contributed by atoms with E-state index in [1.807, 2.05) is 26.0 Å². The highest BCUT2D eigenvalue weighted by atomic mass is 32.1. The van der Waals surface area contributed by atoms with Crippen molar-refractivity contribution in [2.24, 2.45) is 0 Å². The van der Waals surface area contributed by atoms with E-state index in [1.54, 1.807) is 43.3 Å². The molecular formula is C29H28N2O6S. The number of nitrogens with zero attached hydrogens (tertiary/aromatic N) is 2. The van der Waals surface area contributed by atoms with Crippen LogP contribution in [0.1, 0.15) is 51.4 Å². The molecule has 0 bridgehead atoms. The predicted molar refractivity (Wildman–Crippen MR) is 146 cm³/mol. The van der Waals surface area contributed by atoms with Crippen LogP contribution in [0.25, 0.3) is 5.76 Å². The number of hydrogen-bond donors (Lipinski definition) is 1. The molecule has 3 aromatic rings. The number of Topliss-reactive ketones (excluding diaryl/α,β-unsaturated/α-hetero) is 1. The third kappa shape index (κ3) is 5.24. The van der Waals surface area contributed by atoms with Crippen LogP contribution in [0.3, 0.4) is 0 Å². The molecule has 2 aromatic carbocycles. The van der Waals surface area contributed by atoms with E-state index in [1.165, 1.54) is 11.0 Å². The quantitative estimate of drug-likeness (QED) is 0.127. The van der Waals surface area contributed by atoms with Gasteiger partial charge in [-0.25, -0.2) is 9.78 Å². The van der Waals surface area contributed by atoms with Gasteiger partial charge in [0.2, 0.25) is 0 Å². The summed E-state index contributed by atoms with van der Waals surface area (Å²) in [5, 5.41) is 11.4. The van der Waals surface area contributed by atoms with Crippen LogP contribution in [0.4, 0.5) is 5.13 Å². The van der Waals surface area contributed by atoms with E-state index < -0.39 is 23.7 Å². The van der Waals surface area contributed by atoms with Crippen LogP contribution in [-0.4, -0.2) is 41.0 Å². The average Bonchev–Trinajstić information content (AvgIpc) is 3.42. The van der Waals surface area contributed by atoms with E-state index in [0.717, 1.165) is 23.3 Å². The molecule has 1 amide bonds. The molecule has 1 atom stereocenters. The number of esters is 1. The maximum absolute atomic E-state index is 13.4. The zero-order chi connectivity index (χ0) is 27.4. The number of carbonyl (C=O) groups excluding carboxylic acids is 3. The van der Waals surface area contributed by atoms with Crippen LogP contribution < -0.4 is 9.64 Å². The van der Waals surface area contributed by atoms with E-state index in [4.69, 9.17) is 9.47 Å². The van der Waals surface area contributed by atoms with Crippen molar-refractivity contribution in [3.05, 3.63) is 94.0 Å². The molecule has 0 spiro atoms. The standard InChI is InChI=1S/C29H28N2O6S/c1-5-14-36-21-9-7-8-20(16-21)23-22(24(32)19-12-10-17(3)11-13-19)25(33)27(34)31(23)29-30-18(4)26(38-29)28(35)37-15-6-2/h6-13,16,23,32H,2,5,14-15H2,1,3-4H3. The fourth-order valence-electron chi connectivity index (χ4n) is 4.08. The molecule has 1 N–H and O–H groups in total. The first-order valence-corrected chi connectivity index (χ1v) is 12.9. The number of anilines is 1. The first kappa shape index (κ1) is 26.8. The van der Waals surface area contributed by atoms with Crippen LogP contribution in [0.15, 0.2) is 66.8 Å². The van der Waals surface area contributed by atoms with E-state index in [0.29, 0.717) is 29.2 Å². The highest BCUT2D eigenvalue weighted by Gasteiger charge is 2.48. The second-order valence-electron chi connectivity index (χ2n) is 8.75. The SMILES string of the molecule is C=CCOC(=O)c1sc(N2C(=O)C(=O)C(=C(O)c3ccc(C)cc3)C2c2cccc(OCCC)c2)nc1C. The van der Waals surface area contributed by atoms with E-state index in [-0.39, 0.29) is 27.9 Å². The summed E-state index contributed by atoms with van der Waals surface area (Å²) in [7, 11) is 0. The van der Waals surface area contributed by atoms with Gasteiger partial charge in [-0.05, 0) is 38.0 Å². The van der Waals surface area contributed by atoms with Crippen LogP contribution in [0, 0.1) is 13.8 Å².